The Hall–Kier alpha value is 0.177. The second-order valence-corrected chi connectivity index (χ2v) is 9.21. The van der Waals surface area contributed by atoms with Gasteiger partial charge < -0.3 is 4.43 Å². The molecule has 1 aliphatic rings. The van der Waals surface area contributed by atoms with Crippen LogP contribution < -0.4 is 0 Å². The van der Waals surface area contributed by atoms with Gasteiger partial charge in [0.1, 0.15) is 0 Å². The Morgan fingerprint density at radius 2 is 1.73 bits per heavy atom. The first-order chi connectivity index (χ1) is 7.26. The van der Waals surface area contributed by atoms with E-state index in [0.717, 1.165) is 0 Å². The Balaban J connectivity index is 2.53. The maximum Gasteiger partial charge on any atom is 0.193 e. The molecule has 1 aliphatic heterocycles. The zero-order valence-corrected chi connectivity index (χ0v) is 11.8. The standard InChI is InChI=1S/C13H28OSi/c1-4-8-13-9-7-12-15(14-13,10-5-2)11-6-3/h13H,4-12H2,1-3H3. The van der Waals surface area contributed by atoms with Crippen LogP contribution in [-0.2, 0) is 4.43 Å². The fourth-order valence-electron chi connectivity index (χ4n) is 3.05. The molecule has 0 aromatic rings. The molecule has 15 heavy (non-hydrogen) atoms. The van der Waals surface area contributed by atoms with Gasteiger partial charge in [0, 0.05) is 6.10 Å². The minimum Gasteiger partial charge on any atom is -0.414 e. The van der Waals surface area contributed by atoms with E-state index in [-0.39, 0.29) is 0 Å². The van der Waals surface area contributed by atoms with Crippen LogP contribution >= 0.6 is 0 Å². The first kappa shape index (κ1) is 13.2. The van der Waals surface area contributed by atoms with Gasteiger partial charge in [0.15, 0.2) is 8.32 Å². The summed E-state index contributed by atoms with van der Waals surface area (Å²) in [7, 11) is -1.28. The molecule has 0 aromatic carbocycles. The van der Waals surface area contributed by atoms with E-state index in [9.17, 15) is 0 Å². The molecule has 1 nitrogen and oxygen atoms in total. The SMILES string of the molecule is CCCC1CCC[Si](CCC)(CCC)O1. The van der Waals surface area contributed by atoms with E-state index in [0.29, 0.717) is 6.10 Å². The Kier molecular flexibility index (Phi) is 5.91. The second kappa shape index (κ2) is 6.69. The molecule has 2 heteroatoms. The van der Waals surface area contributed by atoms with Gasteiger partial charge in [0.25, 0.3) is 0 Å². The molecular weight excluding hydrogens is 200 g/mol. The van der Waals surface area contributed by atoms with Crippen molar-refractivity contribution >= 4 is 8.32 Å². The molecule has 0 N–H and O–H groups in total. The zero-order chi connectivity index (χ0) is 11.1. The molecule has 0 amide bonds. The van der Waals surface area contributed by atoms with Gasteiger partial charge >= 0.3 is 0 Å². The molecule has 0 aromatic heterocycles. The molecule has 1 saturated heterocycles. The zero-order valence-electron chi connectivity index (χ0n) is 10.8. The minimum absolute atomic E-state index is 0.619. The summed E-state index contributed by atoms with van der Waals surface area (Å²) < 4.78 is 6.53. The molecule has 1 fully saturated rings. The largest absolute Gasteiger partial charge is 0.414 e. The van der Waals surface area contributed by atoms with Crippen LogP contribution in [0.15, 0.2) is 0 Å². The lowest BCUT2D eigenvalue weighted by molar-refractivity contribution is 0.144. The van der Waals surface area contributed by atoms with E-state index < -0.39 is 8.32 Å². The van der Waals surface area contributed by atoms with Crippen molar-refractivity contribution in [2.24, 2.45) is 0 Å². The van der Waals surface area contributed by atoms with Crippen molar-refractivity contribution in [1.29, 1.82) is 0 Å². The lowest BCUT2D eigenvalue weighted by Gasteiger charge is -2.40. The Labute approximate surface area is 96.7 Å². The van der Waals surface area contributed by atoms with Crippen LogP contribution in [0.1, 0.15) is 59.3 Å². The summed E-state index contributed by atoms with van der Waals surface area (Å²) in [5.41, 5.74) is 0. The lowest BCUT2D eigenvalue weighted by atomic mass is 10.1. The summed E-state index contributed by atoms with van der Waals surface area (Å²) in [4.78, 5) is 0. The first-order valence-electron chi connectivity index (χ1n) is 6.94. The third-order valence-electron chi connectivity index (χ3n) is 3.60. The average molecular weight is 228 g/mol. The maximum absolute atomic E-state index is 6.53. The van der Waals surface area contributed by atoms with E-state index in [4.69, 9.17) is 4.43 Å². The van der Waals surface area contributed by atoms with Crippen molar-refractivity contribution in [3.05, 3.63) is 0 Å². The summed E-state index contributed by atoms with van der Waals surface area (Å²) in [6.45, 7) is 6.91. The van der Waals surface area contributed by atoms with Crippen molar-refractivity contribution in [1.82, 2.24) is 0 Å². The quantitative estimate of drug-likeness (QED) is 0.597. The maximum atomic E-state index is 6.53. The van der Waals surface area contributed by atoms with E-state index in [1.807, 2.05) is 0 Å². The third-order valence-corrected chi connectivity index (χ3v) is 8.52. The van der Waals surface area contributed by atoms with E-state index in [2.05, 4.69) is 20.8 Å². The molecule has 0 radical (unpaired) electrons. The van der Waals surface area contributed by atoms with Gasteiger partial charge in [-0.1, -0.05) is 46.5 Å². The van der Waals surface area contributed by atoms with Crippen LogP contribution in [-0.4, -0.2) is 14.4 Å². The molecule has 0 saturated carbocycles. The summed E-state index contributed by atoms with van der Waals surface area (Å²) in [5.74, 6) is 0. The molecule has 90 valence electrons. The molecule has 1 heterocycles. The van der Waals surface area contributed by atoms with E-state index in [1.54, 1.807) is 0 Å². The molecule has 1 atom stereocenters. The van der Waals surface area contributed by atoms with E-state index in [1.165, 1.54) is 56.7 Å². The fourth-order valence-corrected chi connectivity index (χ4v) is 7.77. The van der Waals surface area contributed by atoms with Gasteiger partial charge in [0.05, 0.1) is 0 Å². The highest BCUT2D eigenvalue weighted by Crippen LogP contribution is 2.35. The van der Waals surface area contributed by atoms with Crippen LogP contribution in [0.2, 0.25) is 18.1 Å². The smallest absolute Gasteiger partial charge is 0.193 e. The Morgan fingerprint density at radius 3 is 2.27 bits per heavy atom. The highest BCUT2D eigenvalue weighted by atomic mass is 28.4. The summed E-state index contributed by atoms with van der Waals surface area (Å²) in [5, 5.41) is 0. The van der Waals surface area contributed by atoms with Gasteiger partial charge in [-0.3, -0.25) is 0 Å². The van der Waals surface area contributed by atoms with E-state index >= 15 is 0 Å². The van der Waals surface area contributed by atoms with Crippen molar-refractivity contribution in [3.8, 4) is 0 Å². The second-order valence-electron chi connectivity index (χ2n) is 5.10. The van der Waals surface area contributed by atoms with Crippen LogP contribution in [0.3, 0.4) is 0 Å². The van der Waals surface area contributed by atoms with Crippen molar-refractivity contribution in [2.45, 2.75) is 83.5 Å². The Morgan fingerprint density at radius 1 is 1.07 bits per heavy atom. The first-order valence-corrected chi connectivity index (χ1v) is 9.47. The summed E-state index contributed by atoms with van der Waals surface area (Å²) in [6, 6.07) is 4.25. The van der Waals surface area contributed by atoms with Crippen LogP contribution in [0, 0.1) is 0 Å². The monoisotopic (exact) mass is 228 g/mol. The minimum atomic E-state index is -1.28. The summed E-state index contributed by atoms with van der Waals surface area (Å²) >= 11 is 0. The van der Waals surface area contributed by atoms with Gasteiger partial charge in [-0.15, -0.1) is 0 Å². The van der Waals surface area contributed by atoms with Crippen molar-refractivity contribution in [3.63, 3.8) is 0 Å². The van der Waals surface area contributed by atoms with Crippen LogP contribution in [0.5, 0.6) is 0 Å². The molecule has 1 rings (SSSR count). The fraction of sp³-hybridized carbons (Fsp3) is 1.00. The molecule has 1 unspecified atom stereocenters. The van der Waals surface area contributed by atoms with Gasteiger partial charge in [0.2, 0.25) is 0 Å². The van der Waals surface area contributed by atoms with Crippen molar-refractivity contribution in [2.75, 3.05) is 0 Å². The topological polar surface area (TPSA) is 9.23 Å². The highest BCUT2D eigenvalue weighted by molar-refractivity contribution is 6.74. The third kappa shape index (κ3) is 3.91. The van der Waals surface area contributed by atoms with Gasteiger partial charge in [-0.05, 0) is 31.0 Å². The average Bonchev–Trinajstić information content (AvgIpc) is 2.19. The summed E-state index contributed by atoms with van der Waals surface area (Å²) in [6.07, 6.45) is 8.62. The predicted octanol–water partition coefficient (Wildman–Crippen LogP) is 4.73. The normalized spacial score (nSPS) is 25.4. The molecule has 0 aliphatic carbocycles. The highest BCUT2D eigenvalue weighted by Gasteiger charge is 2.38. The van der Waals surface area contributed by atoms with Gasteiger partial charge in [-0.2, -0.15) is 0 Å². The number of hydrogen-bond donors (Lipinski definition) is 0. The van der Waals surface area contributed by atoms with Gasteiger partial charge in [-0.25, -0.2) is 0 Å². The van der Waals surface area contributed by atoms with Crippen LogP contribution in [0.4, 0.5) is 0 Å². The molecular formula is C13H28OSi. The number of hydrogen-bond acceptors (Lipinski definition) is 1. The predicted molar refractivity (Wildman–Crippen MR) is 69.8 cm³/mol. The molecule has 0 spiro atoms. The Bertz CT molecular complexity index is 156. The van der Waals surface area contributed by atoms with Crippen LogP contribution in [0.25, 0.3) is 0 Å². The van der Waals surface area contributed by atoms with Crippen molar-refractivity contribution < 1.29 is 4.43 Å². The number of rotatable bonds is 6. The molecule has 0 bridgehead atoms. The lowest BCUT2D eigenvalue weighted by Crippen LogP contribution is -2.44.